The summed E-state index contributed by atoms with van der Waals surface area (Å²) in [6.07, 6.45) is 2.55. The summed E-state index contributed by atoms with van der Waals surface area (Å²) in [5.74, 6) is 0.0829. The van der Waals surface area contributed by atoms with Crippen molar-refractivity contribution in [2.45, 2.75) is 64.8 Å². The molecule has 144 valence electrons. The minimum absolute atomic E-state index is 0.0829. The molecule has 5 nitrogen and oxygen atoms in total. The van der Waals surface area contributed by atoms with Crippen LogP contribution in [0.15, 0.2) is 24.3 Å². The number of nitrogens with one attached hydrogen (secondary N) is 1. The molecule has 0 atom stereocenters. The highest BCUT2D eigenvalue weighted by molar-refractivity contribution is 5.76. The first-order valence-corrected chi connectivity index (χ1v) is 9.60. The van der Waals surface area contributed by atoms with Gasteiger partial charge in [-0.25, -0.2) is 4.79 Å². The Hall–Kier alpha value is -2.04. The van der Waals surface area contributed by atoms with Gasteiger partial charge in [0.2, 0.25) is 5.91 Å². The third-order valence-corrected chi connectivity index (χ3v) is 4.85. The first-order valence-electron chi connectivity index (χ1n) is 9.60. The maximum Gasteiger partial charge on any atom is 0.409 e. The van der Waals surface area contributed by atoms with E-state index in [1.165, 1.54) is 11.1 Å². The van der Waals surface area contributed by atoms with E-state index < -0.39 is 0 Å². The lowest BCUT2D eigenvalue weighted by Crippen LogP contribution is -2.46. The molecule has 0 radical (unpaired) electrons. The maximum atomic E-state index is 12.2. The molecule has 1 fully saturated rings. The van der Waals surface area contributed by atoms with Gasteiger partial charge >= 0.3 is 6.09 Å². The van der Waals surface area contributed by atoms with Crippen molar-refractivity contribution in [3.05, 3.63) is 35.4 Å². The average Bonchev–Trinajstić information content (AvgIpc) is 2.60. The van der Waals surface area contributed by atoms with Crippen molar-refractivity contribution in [2.75, 3.05) is 19.7 Å². The topological polar surface area (TPSA) is 58.6 Å². The second-order valence-electron chi connectivity index (χ2n) is 7.97. The van der Waals surface area contributed by atoms with E-state index in [-0.39, 0.29) is 23.5 Å². The number of likely N-dealkylation sites (tertiary alicyclic amines) is 1. The van der Waals surface area contributed by atoms with Gasteiger partial charge in [-0.05, 0) is 42.7 Å². The van der Waals surface area contributed by atoms with Gasteiger partial charge in [0.05, 0.1) is 6.61 Å². The van der Waals surface area contributed by atoms with E-state index in [9.17, 15) is 9.59 Å². The Kier molecular flexibility index (Phi) is 7.06. The number of benzene rings is 1. The molecule has 1 aromatic rings. The molecule has 5 heteroatoms. The summed E-state index contributed by atoms with van der Waals surface area (Å²) >= 11 is 0. The first kappa shape index (κ1) is 20.3. The summed E-state index contributed by atoms with van der Waals surface area (Å²) in [6, 6.07) is 8.69. The van der Waals surface area contributed by atoms with Crippen molar-refractivity contribution >= 4 is 12.0 Å². The summed E-state index contributed by atoms with van der Waals surface area (Å²) in [7, 11) is 0. The number of ether oxygens (including phenoxy) is 1. The Labute approximate surface area is 157 Å². The molecule has 1 N–H and O–H groups in total. The van der Waals surface area contributed by atoms with Crippen LogP contribution in [-0.2, 0) is 21.4 Å². The van der Waals surface area contributed by atoms with Crippen LogP contribution < -0.4 is 5.32 Å². The van der Waals surface area contributed by atoms with Crippen molar-refractivity contribution in [2.24, 2.45) is 0 Å². The third kappa shape index (κ3) is 6.04. The molecule has 2 amide bonds. The number of carbonyl (C=O) groups is 2. The minimum Gasteiger partial charge on any atom is -0.450 e. The van der Waals surface area contributed by atoms with Crippen molar-refractivity contribution in [3.8, 4) is 0 Å². The second-order valence-corrected chi connectivity index (χ2v) is 7.97. The molecule has 26 heavy (non-hydrogen) atoms. The van der Waals surface area contributed by atoms with Crippen LogP contribution in [-0.4, -0.2) is 42.6 Å². The van der Waals surface area contributed by atoms with E-state index >= 15 is 0 Å². The quantitative estimate of drug-likeness (QED) is 0.872. The first-order chi connectivity index (χ1) is 12.3. The van der Waals surface area contributed by atoms with E-state index in [0.717, 1.165) is 19.3 Å². The highest BCUT2D eigenvalue weighted by Crippen LogP contribution is 2.22. The largest absolute Gasteiger partial charge is 0.450 e. The average molecular weight is 360 g/mol. The Balaban J connectivity index is 1.72. The molecule has 1 heterocycles. The SMILES string of the molecule is CCOC(=O)N1CCC(NC(=O)CCc2ccc(C(C)(C)C)cc2)CC1. The van der Waals surface area contributed by atoms with Gasteiger partial charge < -0.3 is 15.0 Å². The maximum absolute atomic E-state index is 12.2. The number of carbonyl (C=O) groups excluding carboxylic acids is 2. The zero-order valence-corrected chi connectivity index (χ0v) is 16.5. The molecule has 0 bridgehead atoms. The van der Waals surface area contributed by atoms with Crippen LogP contribution in [0.25, 0.3) is 0 Å². The predicted molar refractivity (Wildman–Crippen MR) is 103 cm³/mol. The van der Waals surface area contributed by atoms with Gasteiger partial charge in [0.25, 0.3) is 0 Å². The summed E-state index contributed by atoms with van der Waals surface area (Å²) in [6.45, 7) is 10.1. The molecule has 1 saturated heterocycles. The number of piperidine rings is 1. The lowest BCUT2D eigenvalue weighted by atomic mass is 9.86. The molecule has 0 spiro atoms. The number of hydrogen-bond donors (Lipinski definition) is 1. The minimum atomic E-state index is -0.254. The Morgan fingerprint density at radius 3 is 2.31 bits per heavy atom. The summed E-state index contributed by atoms with van der Waals surface area (Å²) in [5.41, 5.74) is 2.64. The van der Waals surface area contributed by atoms with Crippen LogP contribution in [0.2, 0.25) is 0 Å². The standard InChI is InChI=1S/C21H32N2O3/c1-5-26-20(25)23-14-12-18(13-15-23)22-19(24)11-8-16-6-9-17(10-7-16)21(2,3)4/h6-7,9-10,18H,5,8,11-15H2,1-4H3,(H,22,24). The monoisotopic (exact) mass is 360 g/mol. The van der Waals surface area contributed by atoms with Crippen LogP contribution in [0.4, 0.5) is 4.79 Å². The lowest BCUT2D eigenvalue weighted by Gasteiger charge is -2.31. The second kappa shape index (κ2) is 9.06. The van der Waals surface area contributed by atoms with Crippen LogP contribution in [0.3, 0.4) is 0 Å². The van der Waals surface area contributed by atoms with Crippen LogP contribution in [0, 0.1) is 0 Å². The molecular weight excluding hydrogens is 328 g/mol. The zero-order chi connectivity index (χ0) is 19.2. The van der Waals surface area contributed by atoms with Gasteiger partial charge in [-0.15, -0.1) is 0 Å². The van der Waals surface area contributed by atoms with Crippen LogP contribution >= 0.6 is 0 Å². The molecule has 1 aliphatic heterocycles. The van der Waals surface area contributed by atoms with Crippen molar-refractivity contribution in [1.82, 2.24) is 10.2 Å². The summed E-state index contributed by atoms with van der Waals surface area (Å²) in [5, 5.41) is 3.10. The Morgan fingerprint density at radius 1 is 1.15 bits per heavy atom. The van der Waals surface area contributed by atoms with Crippen molar-refractivity contribution in [1.29, 1.82) is 0 Å². The summed E-state index contributed by atoms with van der Waals surface area (Å²) in [4.78, 5) is 25.6. The van der Waals surface area contributed by atoms with E-state index in [2.05, 4.69) is 50.4 Å². The Bertz CT molecular complexity index is 597. The van der Waals surface area contributed by atoms with E-state index in [4.69, 9.17) is 4.74 Å². The molecule has 2 rings (SSSR count). The number of rotatable bonds is 5. The smallest absolute Gasteiger partial charge is 0.409 e. The van der Waals surface area contributed by atoms with Gasteiger partial charge in [0.1, 0.15) is 0 Å². The molecule has 1 aliphatic rings. The number of nitrogens with zero attached hydrogens (tertiary/aromatic N) is 1. The molecule has 0 unspecified atom stereocenters. The van der Waals surface area contributed by atoms with Crippen LogP contribution in [0.1, 0.15) is 58.1 Å². The number of hydrogen-bond acceptors (Lipinski definition) is 3. The highest BCUT2D eigenvalue weighted by atomic mass is 16.6. The molecular formula is C21H32N2O3. The molecule has 1 aromatic carbocycles. The van der Waals surface area contributed by atoms with Crippen molar-refractivity contribution in [3.63, 3.8) is 0 Å². The number of amides is 2. The van der Waals surface area contributed by atoms with Gasteiger partial charge in [0.15, 0.2) is 0 Å². The summed E-state index contributed by atoms with van der Waals surface area (Å²) < 4.78 is 5.01. The normalized spacial score (nSPS) is 15.6. The van der Waals surface area contributed by atoms with E-state index in [1.54, 1.807) is 4.90 Å². The van der Waals surface area contributed by atoms with Crippen LogP contribution in [0.5, 0.6) is 0 Å². The van der Waals surface area contributed by atoms with Gasteiger partial charge in [-0.3, -0.25) is 4.79 Å². The third-order valence-electron chi connectivity index (χ3n) is 4.85. The fourth-order valence-electron chi connectivity index (χ4n) is 3.15. The zero-order valence-electron chi connectivity index (χ0n) is 16.5. The van der Waals surface area contributed by atoms with E-state index in [1.807, 2.05) is 6.92 Å². The highest BCUT2D eigenvalue weighted by Gasteiger charge is 2.24. The molecule has 0 saturated carbocycles. The lowest BCUT2D eigenvalue weighted by molar-refractivity contribution is -0.122. The predicted octanol–water partition coefficient (Wildman–Crippen LogP) is 3.65. The van der Waals surface area contributed by atoms with Gasteiger partial charge in [-0.1, -0.05) is 45.0 Å². The van der Waals surface area contributed by atoms with E-state index in [0.29, 0.717) is 26.1 Å². The fraction of sp³-hybridized carbons (Fsp3) is 0.619. The van der Waals surface area contributed by atoms with Gasteiger partial charge in [0, 0.05) is 25.6 Å². The fourth-order valence-corrected chi connectivity index (χ4v) is 3.15. The number of aryl methyl sites for hydroxylation is 1. The Morgan fingerprint density at radius 2 is 1.77 bits per heavy atom. The van der Waals surface area contributed by atoms with Crippen molar-refractivity contribution < 1.29 is 14.3 Å². The molecule has 0 aromatic heterocycles. The van der Waals surface area contributed by atoms with Gasteiger partial charge in [-0.2, -0.15) is 0 Å². The molecule has 0 aliphatic carbocycles.